The van der Waals surface area contributed by atoms with Gasteiger partial charge in [-0.3, -0.25) is 9.29 Å². The summed E-state index contributed by atoms with van der Waals surface area (Å²) >= 11 is 0. The maximum absolute atomic E-state index is 12.5. The van der Waals surface area contributed by atoms with Crippen LogP contribution in [0.15, 0.2) is 66.7 Å². The first-order chi connectivity index (χ1) is 18.7. The van der Waals surface area contributed by atoms with Crippen LogP contribution in [-0.4, -0.2) is 50.5 Å². The SMILES string of the molecule is Nc1ccc2c(c1)CCCC(c1ccc(C3COC3)cc1)=C2c1ccc(OC2CCN(CCCF)C2)cc1. The number of aryl methyl sites for hydroxylation is 1. The Morgan fingerprint density at radius 1 is 0.947 bits per heavy atom. The molecule has 198 valence electrons. The third-order valence-electron chi connectivity index (χ3n) is 8.22. The summed E-state index contributed by atoms with van der Waals surface area (Å²) < 4.78 is 24.3. The molecule has 3 aliphatic rings. The molecule has 4 nitrogen and oxygen atoms in total. The molecule has 1 atom stereocenters. The molecule has 38 heavy (non-hydrogen) atoms. The lowest BCUT2D eigenvalue weighted by Gasteiger charge is -2.26. The second-order valence-electron chi connectivity index (χ2n) is 10.9. The molecule has 3 aromatic rings. The minimum absolute atomic E-state index is 0.163. The smallest absolute Gasteiger partial charge is 0.119 e. The molecule has 5 heteroatoms. The van der Waals surface area contributed by atoms with Crippen molar-refractivity contribution in [3.63, 3.8) is 0 Å². The first-order valence-electron chi connectivity index (χ1n) is 14.0. The summed E-state index contributed by atoms with van der Waals surface area (Å²) in [5.41, 5.74) is 16.1. The molecule has 2 N–H and O–H groups in total. The van der Waals surface area contributed by atoms with Crippen molar-refractivity contribution in [1.29, 1.82) is 0 Å². The third kappa shape index (κ3) is 5.36. The molecule has 0 saturated carbocycles. The number of likely N-dealkylation sites (tertiary alicyclic amines) is 1. The summed E-state index contributed by atoms with van der Waals surface area (Å²) in [7, 11) is 0. The van der Waals surface area contributed by atoms with E-state index in [1.54, 1.807) is 0 Å². The highest BCUT2D eigenvalue weighted by atomic mass is 19.1. The van der Waals surface area contributed by atoms with Crippen LogP contribution in [0, 0.1) is 0 Å². The third-order valence-corrected chi connectivity index (χ3v) is 8.22. The van der Waals surface area contributed by atoms with E-state index in [0.717, 1.165) is 70.0 Å². The number of nitrogen functional groups attached to an aromatic ring is 1. The Kier molecular flexibility index (Phi) is 7.48. The van der Waals surface area contributed by atoms with E-state index < -0.39 is 0 Å². The van der Waals surface area contributed by atoms with Gasteiger partial charge in [0.05, 0.1) is 19.9 Å². The Morgan fingerprint density at radius 3 is 2.47 bits per heavy atom. The Bertz CT molecular complexity index is 1280. The second-order valence-corrected chi connectivity index (χ2v) is 10.9. The predicted molar refractivity (Wildman–Crippen MR) is 152 cm³/mol. The van der Waals surface area contributed by atoms with E-state index in [0.29, 0.717) is 12.3 Å². The molecule has 2 fully saturated rings. The van der Waals surface area contributed by atoms with Crippen molar-refractivity contribution >= 4 is 16.8 Å². The fraction of sp³-hybridized carbons (Fsp3) is 0.394. The van der Waals surface area contributed by atoms with Crippen LogP contribution < -0.4 is 10.5 Å². The van der Waals surface area contributed by atoms with E-state index in [-0.39, 0.29) is 12.8 Å². The summed E-state index contributed by atoms with van der Waals surface area (Å²) in [5, 5.41) is 0. The van der Waals surface area contributed by atoms with Gasteiger partial charge in [0.15, 0.2) is 0 Å². The van der Waals surface area contributed by atoms with Crippen molar-refractivity contribution in [3.8, 4) is 5.75 Å². The number of rotatable bonds is 8. The molecule has 0 bridgehead atoms. The first-order valence-corrected chi connectivity index (χ1v) is 14.0. The number of fused-ring (bicyclic) bond motifs is 1. The van der Waals surface area contributed by atoms with Gasteiger partial charge in [-0.15, -0.1) is 0 Å². The molecule has 2 aliphatic heterocycles. The molecule has 3 aromatic carbocycles. The average Bonchev–Trinajstić information content (AvgIpc) is 3.26. The molecule has 0 radical (unpaired) electrons. The van der Waals surface area contributed by atoms with Gasteiger partial charge in [0.2, 0.25) is 0 Å². The molecule has 0 amide bonds. The lowest BCUT2D eigenvalue weighted by molar-refractivity contribution is 0.00842. The molecule has 1 unspecified atom stereocenters. The van der Waals surface area contributed by atoms with Gasteiger partial charge in [-0.05, 0) is 95.3 Å². The Labute approximate surface area is 225 Å². The monoisotopic (exact) mass is 512 g/mol. The zero-order valence-corrected chi connectivity index (χ0v) is 22.0. The summed E-state index contributed by atoms with van der Waals surface area (Å²) in [6, 6.07) is 24.1. The number of anilines is 1. The maximum atomic E-state index is 12.5. The van der Waals surface area contributed by atoms with E-state index >= 15 is 0 Å². The number of alkyl halides is 1. The Hall–Kier alpha value is -3.15. The van der Waals surface area contributed by atoms with Gasteiger partial charge >= 0.3 is 0 Å². The number of benzene rings is 3. The fourth-order valence-electron chi connectivity index (χ4n) is 6.08. The number of hydrogen-bond donors (Lipinski definition) is 1. The molecule has 2 saturated heterocycles. The Morgan fingerprint density at radius 2 is 1.74 bits per heavy atom. The van der Waals surface area contributed by atoms with E-state index in [4.69, 9.17) is 15.2 Å². The zero-order chi connectivity index (χ0) is 25.9. The lowest BCUT2D eigenvalue weighted by atomic mass is 9.87. The quantitative estimate of drug-likeness (QED) is 0.351. The Balaban J connectivity index is 1.30. The number of ether oxygens (including phenoxy) is 2. The molecule has 0 aromatic heterocycles. The number of halogens is 1. The normalized spacial score (nSPS) is 20.2. The van der Waals surface area contributed by atoms with Crippen LogP contribution in [0.25, 0.3) is 11.1 Å². The van der Waals surface area contributed by atoms with Crippen molar-refractivity contribution in [3.05, 3.63) is 94.5 Å². The van der Waals surface area contributed by atoms with Gasteiger partial charge in [-0.1, -0.05) is 42.5 Å². The van der Waals surface area contributed by atoms with Crippen LogP contribution in [-0.2, 0) is 11.2 Å². The highest BCUT2D eigenvalue weighted by Gasteiger charge is 2.25. The fourth-order valence-corrected chi connectivity index (χ4v) is 6.08. The number of allylic oxidation sites excluding steroid dienone is 1. The molecular weight excluding hydrogens is 475 g/mol. The van der Waals surface area contributed by atoms with Crippen molar-refractivity contribution in [2.45, 2.75) is 44.1 Å². The first kappa shape index (κ1) is 25.1. The molecule has 0 spiro atoms. The van der Waals surface area contributed by atoms with Crippen molar-refractivity contribution in [1.82, 2.24) is 4.90 Å². The summed E-state index contributed by atoms with van der Waals surface area (Å²) in [5.74, 6) is 1.42. The predicted octanol–water partition coefficient (Wildman–Crippen LogP) is 6.49. The largest absolute Gasteiger partial charge is 0.489 e. The van der Waals surface area contributed by atoms with Crippen LogP contribution >= 0.6 is 0 Å². The lowest BCUT2D eigenvalue weighted by Crippen LogP contribution is -2.26. The molecular formula is C33H37FN2O2. The van der Waals surface area contributed by atoms with Crippen molar-refractivity contribution in [2.75, 3.05) is 45.3 Å². The summed E-state index contributed by atoms with van der Waals surface area (Å²) in [6.07, 6.45) is 4.88. The van der Waals surface area contributed by atoms with E-state index in [9.17, 15) is 4.39 Å². The standard InChI is InChI=1S/C33H37FN2O2/c34-16-2-17-36-18-15-30(20-36)38-29-12-9-25(10-13-29)33-31(4-1-3-26-19-28(35)11-14-32(26)33)24-7-5-23(6-8-24)27-21-37-22-27/h5-14,19,27,30H,1-4,15-18,20-22,35H2. The average molecular weight is 513 g/mol. The summed E-state index contributed by atoms with van der Waals surface area (Å²) in [4.78, 5) is 2.30. The highest BCUT2D eigenvalue weighted by molar-refractivity contribution is 6.00. The molecule has 2 heterocycles. The highest BCUT2D eigenvalue weighted by Crippen LogP contribution is 2.41. The van der Waals surface area contributed by atoms with Gasteiger partial charge in [-0.25, -0.2) is 0 Å². The van der Waals surface area contributed by atoms with Crippen LogP contribution in [0.1, 0.15) is 59.4 Å². The van der Waals surface area contributed by atoms with E-state index in [1.807, 2.05) is 6.07 Å². The molecule has 6 rings (SSSR count). The van der Waals surface area contributed by atoms with E-state index in [1.165, 1.54) is 39.0 Å². The van der Waals surface area contributed by atoms with Crippen LogP contribution in [0.5, 0.6) is 5.75 Å². The van der Waals surface area contributed by atoms with E-state index in [2.05, 4.69) is 65.6 Å². The summed E-state index contributed by atoms with van der Waals surface area (Å²) in [6.45, 7) is 4.06. The minimum atomic E-state index is -0.253. The van der Waals surface area contributed by atoms with Crippen molar-refractivity contribution < 1.29 is 13.9 Å². The second kappa shape index (κ2) is 11.3. The van der Waals surface area contributed by atoms with Gasteiger partial charge in [0.1, 0.15) is 11.9 Å². The number of hydrogen-bond acceptors (Lipinski definition) is 4. The van der Waals surface area contributed by atoms with Crippen molar-refractivity contribution in [2.24, 2.45) is 0 Å². The van der Waals surface area contributed by atoms with Gasteiger partial charge in [0.25, 0.3) is 0 Å². The van der Waals surface area contributed by atoms with Crippen LogP contribution in [0.2, 0.25) is 0 Å². The zero-order valence-electron chi connectivity index (χ0n) is 22.0. The van der Waals surface area contributed by atoms with Crippen LogP contribution in [0.4, 0.5) is 10.1 Å². The minimum Gasteiger partial charge on any atom is -0.489 e. The number of nitrogens with zero attached hydrogens (tertiary/aromatic N) is 1. The van der Waals surface area contributed by atoms with Gasteiger partial charge in [-0.2, -0.15) is 0 Å². The number of nitrogens with two attached hydrogens (primary N) is 1. The van der Waals surface area contributed by atoms with Gasteiger partial charge in [0, 0.05) is 31.2 Å². The van der Waals surface area contributed by atoms with Crippen LogP contribution in [0.3, 0.4) is 0 Å². The molecule has 1 aliphatic carbocycles. The maximum Gasteiger partial charge on any atom is 0.119 e. The topological polar surface area (TPSA) is 47.7 Å². The van der Waals surface area contributed by atoms with Gasteiger partial charge < -0.3 is 15.2 Å².